The average Bonchev–Trinajstić information content (AvgIpc) is 3.05. The molecule has 0 aliphatic carbocycles. The van der Waals surface area contributed by atoms with Crippen molar-refractivity contribution in [1.29, 1.82) is 0 Å². The number of carbonyl (C=O) groups is 1. The molecular weight excluding hydrogens is 314 g/mol. The Morgan fingerprint density at radius 1 is 1.39 bits per heavy atom. The lowest BCUT2D eigenvalue weighted by molar-refractivity contribution is 0.0619. The zero-order chi connectivity index (χ0) is 15.5. The Balaban J connectivity index is 0.00000192. The van der Waals surface area contributed by atoms with Crippen molar-refractivity contribution in [3.63, 3.8) is 0 Å². The Morgan fingerprint density at radius 3 is 2.83 bits per heavy atom. The number of aromatic nitrogens is 1. The summed E-state index contributed by atoms with van der Waals surface area (Å²) in [6.45, 7) is 3.45. The fraction of sp³-hybridized carbons (Fsp3) is 0.412. The highest BCUT2D eigenvalue weighted by molar-refractivity contribution is 5.92. The predicted molar refractivity (Wildman–Crippen MR) is 91.5 cm³/mol. The minimum atomic E-state index is -0.0972. The second-order valence-corrected chi connectivity index (χ2v) is 5.96. The molecule has 1 aromatic heterocycles. The molecule has 0 bridgehead atoms. The summed E-state index contributed by atoms with van der Waals surface area (Å²) in [5.41, 5.74) is 7.60. The number of rotatable bonds is 3. The van der Waals surface area contributed by atoms with E-state index in [9.17, 15) is 4.79 Å². The molecule has 23 heavy (non-hydrogen) atoms. The van der Waals surface area contributed by atoms with E-state index in [1.54, 1.807) is 6.07 Å². The summed E-state index contributed by atoms with van der Waals surface area (Å²) < 4.78 is 5.26. The summed E-state index contributed by atoms with van der Waals surface area (Å²) >= 11 is 0. The maximum atomic E-state index is 12.6. The molecule has 3 rings (SSSR count). The third kappa shape index (κ3) is 3.92. The Kier molecular flexibility index (Phi) is 5.80. The number of hydrogen-bond donors (Lipinski definition) is 1. The number of benzene rings is 1. The van der Waals surface area contributed by atoms with Gasteiger partial charge in [-0.05, 0) is 25.7 Å². The van der Waals surface area contributed by atoms with Crippen LogP contribution in [0.4, 0.5) is 0 Å². The van der Waals surface area contributed by atoms with Gasteiger partial charge in [-0.1, -0.05) is 35.5 Å². The second-order valence-electron chi connectivity index (χ2n) is 5.96. The minimum absolute atomic E-state index is 0. The fourth-order valence-corrected chi connectivity index (χ4v) is 2.90. The molecule has 1 aliphatic rings. The van der Waals surface area contributed by atoms with Crippen LogP contribution >= 0.6 is 12.4 Å². The number of likely N-dealkylation sites (tertiary alicyclic amines) is 1. The monoisotopic (exact) mass is 335 g/mol. The van der Waals surface area contributed by atoms with E-state index in [0.29, 0.717) is 23.9 Å². The van der Waals surface area contributed by atoms with E-state index in [4.69, 9.17) is 10.3 Å². The molecule has 2 N–H and O–H groups in total. The third-order valence-electron chi connectivity index (χ3n) is 4.28. The lowest BCUT2D eigenvalue weighted by atomic mass is 9.92. The van der Waals surface area contributed by atoms with Crippen LogP contribution in [0.2, 0.25) is 0 Å². The van der Waals surface area contributed by atoms with Crippen LogP contribution in [0.25, 0.3) is 11.3 Å². The molecule has 0 saturated carbocycles. The molecule has 1 saturated heterocycles. The second kappa shape index (κ2) is 7.62. The number of carbonyl (C=O) groups excluding carboxylic acids is 1. The maximum Gasteiger partial charge on any atom is 0.292 e. The normalized spacial score (nSPS) is 19.0. The molecule has 2 aromatic rings. The van der Waals surface area contributed by atoms with Gasteiger partial charge >= 0.3 is 0 Å². The van der Waals surface area contributed by atoms with E-state index in [1.807, 2.05) is 42.2 Å². The maximum absolute atomic E-state index is 12.6. The van der Waals surface area contributed by atoms with Crippen molar-refractivity contribution in [1.82, 2.24) is 10.1 Å². The zero-order valence-corrected chi connectivity index (χ0v) is 14.0. The van der Waals surface area contributed by atoms with Gasteiger partial charge in [-0.2, -0.15) is 0 Å². The Labute approximate surface area is 142 Å². The molecule has 0 spiro atoms. The van der Waals surface area contributed by atoms with Gasteiger partial charge in [-0.3, -0.25) is 4.79 Å². The van der Waals surface area contributed by atoms with Crippen LogP contribution in [0.5, 0.6) is 0 Å². The molecule has 2 unspecified atom stereocenters. The van der Waals surface area contributed by atoms with E-state index < -0.39 is 0 Å². The highest BCUT2D eigenvalue weighted by atomic mass is 35.5. The van der Waals surface area contributed by atoms with Gasteiger partial charge in [0.1, 0.15) is 5.69 Å². The summed E-state index contributed by atoms with van der Waals surface area (Å²) in [6, 6.07) is 11.5. The van der Waals surface area contributed by atoms with E-state index in [-0.39, 0.29) is 24.4 Å². The molecular formula is C17H22ClN3O2. The van der Waals surface area contributed by atoms with Crippen LogP contribution in [0.15, 0.2) is 40.9 Å². The molecule has 1 fully saturated rings. The van der Waals surface area contributed by atoms with Crippen LogP contribution in [-0.4, -0.2) is 35.1 Å². The highest BCUT2D eigenvalue weighted by Gasteiger charge is 2.28. The molecule has 2 atom stereocenters. The van der Waals surface area contributed by atoms with E-state index in [0.717, 1.165) is 24.9 Å². The smallest absolute Gasteiger partial charge is 0.292 e. The number of nitrogens with two attached hydrogens (primary N) is 1. The van der Waals surface area contributed by atoms with Crippen LogP contribution in [0.1, 0.15) is 30.3 Å². The summed E-state index contributed by atoms with van der Waals surface area (Å²) in [7, 11) is 0. The van der Waals surface area contributed by atoms with Crippen LogP contribution < -0.4 is 5.73 Å². The van der Waals surface area contributed by atoms with Gasteiger partial charge in [0.25, 0.3) is 5.91 Å². The molecule has 0 radical (unpaired) electrons. The molecule has 1 aromatic carbocycles. The molecule has 2 heterocycles. The zero-order valence-electron chi connectivity index (χ0n) is 13.1. The summed E-state index contributed by atoms with van der Waals surface area (Å²) in [4.78, 5) is 14.4. The van der Waals surface area contributed by atoms with Crippen molar-refractivity contribution in [2.24, 2.45) is 11.7 Å². The average molecular weight is 336 g/mol. The van der Waals surface area contributed by atoms with Crippen LogP contribution in [-0.2, 0) is 0 Å². The summed E-state index contributed by atoms with van der Waals surface area (Å²) in [6.07, 6.45) is 2.06. The van der Waals surface area contributed by atoms with Crippen molar-refractivity contribution in [3.8, 4) is 11.3 Å². The van der Waals surface area contributed by atoms with Gasteiger partial charge in [0, 0.05) is 30.8 Å². The van der Waals surface area contributed by atoms with E-state index >= 15 is 0 Å². The number of nitrogens with zero attached hydrogens (tertiary/aromatic N) is 2. The minimum Gasteiger partial charge on any atom is -0.350 e. The van der Waals surface area contributed by atoms with Gasteiger partial charge in [0.05, 0.1) is 0 Å². The first-order valence-electron chi connectivity index (χ1n) is 7.72. The quantitative estimate of drug-likeness (QED) is 0.936. The van der Waals surface area contributed by atoms with E-state index in [2.05, 4.69) is 5.16 Å². The fourth-order valence-electron chi connectivity index (χ4n) is 2.90. The Bertz CT molecular complexity index is 642. The van der Waals surface area contributed by atoms with Crippen LogP contribution in [0.3, 0.4) is 0 Å². The van der Waals surface area contributed by atoms with Gasteiger partial charge in [-0.15, -0.1) is 12.4 Å². The Morgan fingerprint density at radius 2 is 2.13 bits per heavy atom. The van der Waals surface area contributed by atoms with Crippen molar-refractivity contribution in [3.05, 3.63) is 42.2 Å². The largest absolute Gasteiger partial charge is 0.350 e. The standard InChI is InChI=1S/C17H21N3O2.ClH/c1-12(18)14-8-5-9-20(11-14)17(21)16-10-15(19-22-16)13-6-3-2-4-7-13;/h2-4,6-7,10,12,14H,5,8-9,11,18H2,1H3;1H. The topological polar surface area (TPSA) is 72.4 Å². The Hall–Kier alpha value is -1.85. The molecule has 6 heteroatoms. The first kappa shape index (κ1) is 17.5. The number of piperidine rings is 1. The first-order chi connectivity index (χ1) is 10.6. The SMILES string of the molecule is CC(N)C1CCCN(C(=O)c2cc(-c3ccccc3)no2)C1.Cl. The van der Waals surface area contributed by atoms with Gasteiger partial charge < -0.3 is 15.2 Å². The number of hydrogen-bond acceptors (Lipinski definition) is 4. The molecule has 1 aliphatic heterocycles. The molecule has 124 valence electrons. The third-order valence-corrected chi connectivity index (χ3v) is 4.28. The summed E-state index contributed by atoms with van der Waals surface area (Å²) in [5.74, 6) is 0.554. The van der Waals surface area contributed by atoms with Gasteiger partial charge in [-0.25, -0.2) is 0 Å². The van der Waals surface area contributed by atoms with Gasteiger partial charge in [0.15, 0.2) is 0 Å². The summed E-state index contributed by atoms with van der Waals surface area (Å²) in [5, 5.41) is 4.01. The number of amides is 1. The number of halogens is 1. The van der Waals surface area contributed by atoms with Crippen LogP contribution in [0, 0.1) is 5.92 Å². The van der Waals surface area contributed by atoms with Gasteiger partial charge in [0.2, 0.25) is 5.76 Å². The predicted octanol–water partition coefficient (Wildman–Crippen LogP) is 2.96. The van der Waals surface area contributed by atoms with E-state index in [1.165, 1.54) is 0 Å². The molecule has 5 nitrogen and oxygen atoms in total. The molecule has 1 amide bonds. The lowest BCUT2D eigenvalue weighted by Gasteiger charge is -2.34. The van der Waals surface area contributed by atoms with Crippen molar-refractivity contribution in [2.75, 3.05) is 13.1 Å². The van der Waals surface area contributed by atoms with Crippen molar-refractivity contribution < 1.29 is 9.32 Å². The highest BCUT2D eigenvalue weighted by Crippen LogP contribution is 2.23. The van der Waals surface area contributed by atoms with Crippen molar-refractivity contribution in [2.45, 2.75) is 25.8 Å². The van der Waals surface area contributed by atoms with Crippen molar-refractivity contribution >= 4 is 18.3 Å². The first-order valence-corrected chi connectivity index (χ1v) is 7.72. The lowest BCUT2D eigenvalue weighted by Crippen LogP contribution is -2.44.